The Morgan fingerprint density at radius 2 is 2.13 bits per heavy atom. The lowest BCUT2D eigenvalue weighted by atomic mass is 10.2. The minimum absolute atomic E-state index is 0.331. The number of aromatic nitrogens is 1. The summed E-state index contributed by atoms with van der Waals surface area (Å²) in [7, 11) is 0. The topological polar surface area (TPSA) is 51.9 Å². The summed E-state index contributed by atoms with van der Waals surface area (Å²) in [6.45, 7) is 1.65. The fourth-order valence-corrected chi connectivity index (χ4v) is 3.22. The van der Waals surface area contributed by atoms with Gasteiger partial charge in [-0.3, -0.25) is 4.99 Å². The highest BCUT2D eigenvalue weighted by Gasteiger charge is 2.17. The molecule has 1 aliphatic heterocycles. The lowest BCUT2D eigenvalue weighted by Crippen LogP contribution is -1.92. The molecule has 0 bridgehead atoms. The van der Waals surface area contributed by atoms with E-state index in [2.05, 4.69) is 9.98 Å². The van der Waals surface area contributed by atoms with Crippen molar-refractivity contribution in [3.8, 4) is 6.07 Å². The van der Waals surface area contributed by atoms with Crippen LogP contribution in [0.5, 0.6) is 0 Å². The van der Waals surface area contributed by atoms with E-state index < -0.39 is 11.6 Å². The van der Waals surface area contributed by atoms with Crippen molar-refractivity contribution >= 4 is 22.9 Å². The number of aryl methyl sites for hydroxylation is 1. The van der Waals surface area contributed by atoms with Gasteiger partial charge in [0.1, 0.15) is 17.7 Å². The van der Waals surface area contributed by atoms with E-state index in [0.717, 1.165) is 17.8 Å². The van der Waals surface area contributed by atoms with Crippen molar-refractivity contribution in [2.75, 3.05) is 0 Å². The van der Waals surface area contributed by atoms with Crippen LogP contribution in [0.15, 0.2) is 52.1 Å². The minimum Gasteiger partial charge on any atom is -0.359 e. The minimum atomic E-state index is -0.622. The second kappa shape index (κ2) is 6.23. The zero-order valence-electron chi connectivity index (χ0n) is 12.1. The Kier molecular flexibility index (Phi) is 4.13. The summed E-state index contributed by atoms with van der Waals surface area (Å²) in [5.74, 6) is -1.23. The number of aliphatic imine (C=N–C) groups is 1. The van der Waals surface area contributed by atoms with Gasteiger partial charge in [0.05, 0.1) is 26.8 Å². The summed E-state index contributed by atoms with van der Waals surface area (Å²) in [6, 6.07) is 5.87. The molecular weight excluding hydrogens is 316 g/mol. The first-order chi connectivity index (χ1) is 11.1. The van der Waals surface area contributed by atoms with E-state index in [-0.39, 0.29) is 0 Å². The molecule has 23 heavy (non-hydrogen) atoms. The molecule has 0 spiro atoms. The van der Waals surface area contributed by atoms with E-state index in [1.165, 1.54) is 6.07 Å². The van der Waals surface area contributed by atoms with Crippen molar-refractivity contribution < 1.29 is 8.78 Å². The number of nitrogens with zero attached hydrogens (tertiary/aromatic N) is 2. The number of H-pyrrole nitrogens is 1. The van der Waals surface area contributed by atoms with Crippen LogP contribution in [0, 0.1) is 29.9 Å². The molecule has 114 valence electrons. The molecule has 0 unspecified atom stereocenters. The third-order valence-electron chi connectivity index (χ3n) is 3.24. The van der Waals surface area contributed by atoms with Gasteiger partial charge < -0.3 is 4.98 Å². The largest absolute Gasteiger partial charge is 0.359 e. The second-order valence-corrected chi connectivity index (χ2v) is 5.92. The van der Waals surface area contributed by atoms with Crippen LogP contribution in [0.3, 0.4) is 0 Å². The van der Waals surface area contributed by atoms with Crippen LogP contribution in [0.25, 0.3) is 4.91 Å². The molecule has 0 fully saturated rings. The van der Waals surface area contributed by atoms with E-state index in [0.29, 0.717) is 32.3 Å². The highest BCUT2D eigenvalue weighted by atomic mass is 32.2. The molecule has 0 amide bonds. The average molecular weight is 327 g/mol. The van der Waals surface area contributed by atoms with Gasteiger partial charge in [-0.25, -0.2) is 8.78 Å². The highest BCUT2D eigenvalue weighted by Crippen LogP contribution is 2.40. The van der Waals surface area contributed by atoms with E-state index in [1.54, 1.807) is 37.6 Å². The van der Waals surface area contributed by atoms with Crippen LogP contribution in [-0.4, -0.2) is 11.2 Å². The molecule has 1 aromatic heterocycles. The van der Waals surface area contributed by atoms with Gasteiger partial charge in [-0.2, -0.15) is 5.26 Å². The molecule has 0 atom stereocenters. The molecule has 1 aromatic carbocycles. The van der Waals surface area contributed by atoms with Crippen molar-refractivity contribution in [3.05, 3.63) is 70.7 Å². The first-order valence-corrected chi connectivity index (χ1v) is 7.57. The number of halogens is 2. The van der Waals surface area contributed by atoms with Gasteiger partial charge in [0.2, 0.25) is 0 Å². The smallest absolute Gasteiger partial charge is 0.140 e. The molecule has 3 nitrogen and oxygen atoms in total. The molecule has 6 heteroatoms. The molecule has 2 heterocycles. The van der Waals surface area contributed by atoms with Crippen LogP contribution in [0.4, 0.5) is 8.78 Å². The van der Waals surface area contributed by atoms with Crippen LogP contribution < -0.4 is 0 Å². The molecule has 0 saturated heterocycles. The van der Waals surface area contributed by atoms with Crippen LogP contribution in [0.2, 0.25) is 0 Å². The molecule has 1 aliphatic rings. The van der Waals surface area contributed by atoms with E-state index in [4.69, 9.17) is 5.26 Å². The van der Waals surface area contributed by atoms with Crippen LogP contribution >= 0.6 is 11.8 Å². The third-order valence-corrected chi connectivity index (χ3v) is 4.60. The maximum absolute atomic E-state index is 14.1. The van der Waals surface area contributed by atoms with Crippen LogP contribution in [-0.2, 0) is 0 Å². The molecular formula is C17H11F2N3S. The number of allylic oxidation sites excluding steroid dienone is 2. The lowest BCUT2D eigenvalue weighted by molar-refractivity contribution is 0.563. The fraction of sp³-hybridized carbons (Fsp3) is 0.0588. The average Bonchev–Trinajstić information content (AvgIpc) is 3.17. The van der Waals surface area contributed by atoms with Crippen molar-refractivity contribution in [1.29, 1.82) is 5.26 Å². The normalized spacial score (nSPS) is 15.0. The summed E-state index contributed by atoms with van der Waals surface area (Å²) in [5.41, 5.74) is 2.29. The summed E-state index contributed by atoms with van der Waals surface area (Å²) in [4.78, 5) is 8.24. The van der Waals surface area contributed by atoms with Gasteiger partial charge in [0, 0.05) is 18.5 Å². The highest BCUT2D eigenvalue weighted by molar-refractivity contribution is 8.08. The van der Waals surface area contributed by atoms with Gasteiger partial charge in [0.15, 0.2) is 0 Å². The Labute approximate surface area is 136 Å². The Bertz CT molecular complexity index is 864. The zero-order chi connectivity index (χ0) is 16.4. The van der Waals surface area contributed by atoms with Crippen LogP contribution in [0.1, 0.15) is 16.8 Å². The fourth-order valence-electron chi connectivity index (χ4n) is 2.19. The van der Waals surface area contributed by atoms with Gasteiger partial charge in [-0.1, -0.05) is 11.8 Å². The Morgan fingerprint density at radius 3 is 2.74 bits per heavy atom. The van der Waals surface area contributed by atoms with Gasteiger partial charge in [-0.05, 0) is 36.8 Å². The predicted octanol–water partition coefficient (Wildman–Crippen LogP) is 4.57. The number of hydrogen-bond acceptors (Lipinski definition) is 3. The van der Waals surface area contributed by atoms with Crippen molar-refractivity contribution in [1.82, 2.24) is 4.98 Å². The lowest BCUT2D eigenvalue weighted by Gasteiger charge is -2.11. The number of hydrogen-bond donors (Lipinski definition) is 1. The van der Waals surface area contributed by atoms with E-state index >= 15 is 0 Å². The molecule has 0 saturated carbocycles. The third kappa shape index (κ3) is 3.10. The monoisotopic (exact) mass is 327 g/mol. The zero-order valence-corrected chi connectivity index (χ0v) is 12.9. The molecule has 1 N–H and O–H groups in total. The number of nitriles is 1. The maximum atomic E-state index is 14.1. The quantitative estimate of drug-likeness (QED) is 0.839. The number of thioether (sulfide) groups is 1. The first kappa shape index (κ1) is 15.3. The Morgan fingerprint density at radius 1 is 1.30 bits per heavy atom. The summed E-state index contributed by atoms with van der Waals surface area (Å²) in [6.07, 6.45) is 6.79. The van der Waals surface area contributed by atoms with E-state index in [9.17, 15) is 8.78 Å². The number of rotatable bonds is 3. The van der Waals surface area contributed by atoms with Crippen molar-refractivity contribution in [3.63, 3.8) is 0 Å². The summed E-state index contributed by atoms with van der Waals surface area (Å²) >= 11 is 1.16. The van der Waals surface area contributed by atoms with Crippen molar-refractivity contribution in [2.24, 2.45) is 4.99 Å². The first-order valence-electron chi connectivity index (χ1n) is 6.76. The molecule has 0 aliphatic carbocycles. The maximum Gasteiger partial charge on any atom is 0.140 e. The number of benzene rings is 1. The second-order valence-electron chi connectivity index (χ2n) is 4.90. The predicted molar refractivity (Wildman–Crippen MR) is 87.0 cm³/mol. The molecule has 3 rings (SSSR count). The summed E-state index contributed by atoms with van der Waals surface area (Å²) in [5, 5.41) is 8.97. The Balaban J connectivity index is 2.08. The van der Waals surface area contributed by atoms with Gasteiger partial charge in [0.25, 0.3) is 0 Å². The Hall–Kier alpha value is -2.65. The van der Waals surface area contributed by atoms with Gasteiger partial charge in [-0.15, -0.1) is 0 Å². The van der Waals surface area contributed by atoms with Crippen molar-refractivity contribution in [2.45, 2.75) is 11.8 Å². The van der Waals surface area contributed by atoms with Gasteiger partial charge >= 0.3 is 0 Å². The molecule has 2 aromatic rings. The number of nitrogens with one attached hydrogen (secondary N) is 1. The summed E-state index contributed by atoms with van der Waals surface area (Å²) < 4.78 is 27.4. The number of aromatic amines is 1. The molecule has 0 radical (unpaired) electrons. The van der Waals surface area contributed by atoms with E-state index in [1.807, 2.05) is 6.07 Å². The standard InChI is InChI=1S/C17H11F2N3S/c1-10-5-12(18)7-13(19)16(10)23-17(14-3-2-4-21-14)15-6-11(8-20)9-22-15/h2-7,9,22H,1H3. The SMILES string of the molecule is Cc1cc(F)cc(F)c1SC(=C1C=CC=N1)c1cc(C#N)c[nH]1.